The van der Waals surface area contributed by atoms with Crippen LogP contribution in [0.1, 0.15) is 48.7 Å². The van der Waals surface area contributed by atoms with Gasteiger partial charge >= 0.3 is 5.97 Å². The summed E-state index contributed by atoms with van der Waals surface area (Å²) in [7, 11) is 1.28. The van der Waals surface area contributed by atoms with E-state index in [1.165, 1.54) is 19.2 Å². The van der Waals surface area contributed by atoms with Crippen LogP contribution in [0.2, 0.25) is 0 Å². The number of hydrogen-bond acceptors (Lipinski definition) is 4. The average Bonchev–Trinajstić information content (AvgIpc) is 3.13. The number of aromatic nitrogens is 1. The summed E-state index contributed by atoms with van der Waals surface area (Å²) in [6.07, 6.45) is 0.175. The summed E-state index contributed by atoms with van der Waals surface area (Å²) < 4.78 is 20.3. The van der Waals surface area contributed by atoms with Gasteiger partial charge < -0.3 is 14.4 Å². The summed E-state index contributed by atoms with van der Waals surface area (Å²) >= 11 is 0. The molecule has 0 saturated carbocycles. The first-order valence-electron chi connectivity index (χ1n) is 10.6. The Kier molecular flexibility index (Phi) is 7.59. The Labute approximate surface area is 187 Å². The van der Waals surface area contributed by atoms with Gasteiger partial charge in [-0.05, 0) is 47.7 Å². The lowest BCUT2D eigenvalue weighted by molar-refractivity contribution is -0.142. The highest BCUT2D eigenvalue weighted by atomic mass is 19.1. The lowest BCUT2D eigenvalue weighted by Crippen LogP contribution is -2.18. The van der Waals surface area contributed by atoms with Crippen LogP contribution >= 0.6 is 0 Å². The Bertz CT molecular complexity index is 1070. The number of hydrogen-bond donors (Lipinski definition) is 1. The molecule has 0 amide bonds. The Morgan fingerprint density at radius 1 is 1.09 bits per heavy atom. The zero-order valence-corrected chi connectivity index (χ0v) is 18.5. The first-order chi connectivity index (χ1) is 15.4. The molecule has 0 spiro atoms. The van der Waals surface area contributed by atoms with Crippen LogP contribution in [-0.4, -0.2) is 35.1 Å². The van der Waals surface area contributed by atoms with E-state index in [-0.39, 0.29) is 18.2 Å². The molecule has 168 valence electrons. The van der Waals surface area contributed by atoms with Crippen molar-refractivity contribution in [2.24, 2.45) is 0 Å². The van der Waals surface area contributed by atoms with Crippen LogP contribution in [0.4, 0.5) is 4.39 Å². The fourth-order valence-electron chi connectivity index (χ4n) is 4.09. The maximum atomic E-state index is 13.7. The van der Waals surface area contributed by atoms with Crippen molar-refractivity contribution in [3.05, 3.63) is 71.7 Å². The Morgan fingerprint density at radius 3 is 2.31 bits per heavy atom. The van der Waals surface area contributed by atoms with Crippen molar-refractivity contribution in [2.45, 2.75) is 45.3 Å². The second kappa shape index (κ2) is 10.4. The molecule has 0 aliphatic heterocycles. The zero-order chi connectivity index (χ0) is 23.3. The summed E-state index contributed by atoms with van der Waals surface area (Å²) in [5.74, 6) is -0.808. The monoisotopic (exact) mass is 437 g/mol. The van der Waals surface area contributed by atoms with Crippen molar-refractivity contribution < 1.29 is 23.8 Å². The molecule has 1 atom stereocenters. The van der Waals surface area contributed by atoms with Crippen LogP contribution in [0.15, 0.2) is 54.6 Å². The fraction of sp³-hybridized carbons (Fsp3) is 0.308. The van der Waals surface area contributed by atoms with E-state index in [1.54, 1.807) is 12.1 Å². The molecule has 32 heavy (non-hydrogen) atoms. The van der Waals surface area contributed by atoms with E-state index < -0.39 is 12.1 Å². The molecule has 0 radical (unpaired) electrons. The van der Waals surface area contributed by atoms with Crippen molar-refractivity contribution >= 4 is 12.3 Å². The minimum absolute atomic E-state index is 0.0182. The molecule has 3 aromatic rings. The Hall–Kier alpha value is -3.25. The smallest absolute Gasteiger partial charge is 0.308 e. The van der Waals surface area contributed by atoms with Crippen molar-refractivity contribution in [1.29, 1.82) is 0 Å². The molecule has 5 nitrogen and oxygen atoms in total. The Balaban J connectivity index is 2.21. The molecule has 1 aromatic heterocycles. The average molecular weight is 438 g/mol. The Morgan fingerprint density at radius 2 is 1.75 bits per heavy atom. The van der Waals surface area contributed by atoms with E-state index in [2.05, 4.69) is 4.74 Å². The van der Waals surface area contributed by atoms with Crippen LogP contribution in [0.5, 0.6) is 0 Å². The van der Waals surface area contributed by atoms with Crippen LogP contribution in [0.25, 0.3) is 22.4 Å². The van der Waals surface area contributed by atoms with Crippen LogP contribution in [0, 0.1) is 5.82 Å². The normalized spacial score (nSPS) is 12.1. The number of aliphatic hydroxyl groups is 1. The third-order valence-electron chi connectivity index (χ3n) is 5.50. The number of rotatable bonds is 9. The standard InChI is InChI=1S/C26H28FNO4/c1-17(2)25-22(16-29)24(18-7-5-4-6-8-18)26(19-9-11-20(27)12-10-19)28(25)14-13-21(30)15-23(31)32-3/h4-12,16-17,21,30H,13-15H2,1-3H3. The minimum Gasteiger partial charge on any atom is -0.469 e. The fourth-order valence-corrected chi connectivity index (χ4v) is 4.09. The van der Waals surface area contributed by atoms with Crippen molar-refractivity contribution in [2.75, 3.05) is 7.11 Å². The van der Waals surface area contributed by atoms with Gasteiger partial charge in [0.05, 0.1) is 25.3 Å². The van der Waals surface area contributed by atoms with Crippen LogP contribution in [0.3, 0.4) is 0 Å². The lowest BCUT2D eigenvalue weighted by Gasteiger charge is -2.18. The summed E-state index contributed by atoms with van der Waals surface area (Å²) in [5, 5.41) is 10.4. The molecule has 6 heteroatoms. The summed E-state index contributed by atoms with van der Waals surface area (Å²) in [6, 6.07) is 15.8. The van der Waals surface area contributed by atoms with E-state index in [1.807, 2.05) is 48.7 Å². The number of aldehydes is 1. The zero-order valence-electron chi connectivity index (χ0n) is 18.5. The molecule has 1 unspecified atom stereocenters. The number of ether oxygens (including phenoxy) is 1. The molecule has 3 rings (SSSR count). The first-order valence-corrected chi connectivity index (χ1v) is 10.6. The van der Waals surface area contributed by atoms with Gasteiger partial charge in [0, 0.05) is 23.4 Å². The highest BCUT2D eigenvalue weighted by Gasteiger charge is 2.26. The van der Waals surface area contributed by atoms with Gasteiger partial charge in [-0.1, -0.05) is 44.2 Å². The van der Waals surface area contributed by atoms with Gasteiger partial charge in [-0.25, -0.2) is 4.39 Å². The topological polar surface area (TPSA) is 68.5 Å². The number of carbonyl (C=O) groups is 2. The van der Waals surface area contributed by atoms with E-state index in [0.29, 0.717) is 18.5 Å². The molecule has 0 saturated heterocycles. The van der Waals surface area contributed by atoms with Crippen LogP contribution < -0.4 is 0 Å². The molecule has 0 aliphatic carbocycles. The third kappa shape index (κ3) is 4.97. The number of carbonyl (C=O) groups excluding carboxylic acids is 2. The SMILES string of the molecule is COC(=O)CC(O)CCn1c(-c2ccc(F)cc2)c(-c2ccccc2)c(C=O)c1C(C)C. The number of halogens is 1. The van der Waals surface area contributed by atoms with Crippen LogP contribution in [-0.2, 0) is 16.1 Å². The second-order valence-corrected chi connectivity index (χ2v) is 8.04. The molecule has 0 bridgehead atoms. The molecule has 2 aromatic carbocycles. The van der Waals surface area contributed by atoms with E-state index in [0.717, 1.165) is 34.4 Å². The van der Waals surface area contributed by atoms with Crippen molar-refractivity contribution in [3.63, 3.8) is 0 Å². The van der Waals surface area contributed by atoms with E-state index in [4.69, 9.17) is 0 Å². The summed E-state index contributed by atoms with van der Waals surface area (Å²) in [5.41, 5.74) is 4.62. The molecule has 1 N–H and O–H groups in total. The predicted molar refractivity (Wildman–Crippen MR) is 122 cm³/mol. The quantitative estimate of drug-likeness (QED) is 0.369. The first kappa shape index (κ1) is 23.4. The number of aliphatic hydroxyl groups excluding tert-OH is 1. The maximum Gasteiger partial charge on any atom is 0.308 e. The lowest BCUT2D eigenvalue weighted by atomic mass is 9.96. The maximum absolute atomic E-state index is 13.7. The van der Waals surface area contributed by atoms with Gasteiger partial charge in [-0.15, -0.1) is 0 Å². The van der Waals surface area contributed by atoms with Gasteiger partial charge in [0.15, 0.2) is 6.29 Å². The number of esters is 1. The second-order valence-electron chi connectivity index (χ2n) is 8.04. The van der Waals surface area contributed by atoms with Gasteiger partial charge in [0.2, 0.25) is 0 Å². The molecule has 0 fully saturated rings. The molecular formula is C26H28FNO4. The highest BCUT2D eigenvalue weighted by molar-refractivity contribution is 5.97. The van der Waals surface area contributed by atoms with Gasteiger partial charge in [-0.3, -0.25) is 9.59 Å². The van der Waals surface area contributed by atoms with Crippen molar-refractivity contribution in [1.82, 2.24) is 4.57 Å². The summed E-state index contributed by atoms with van der Waals surface area (Å²) in [4.78, 5) is 23.9. The number of benzene rings is 2. The predicted octanol–water partition coefficient (Wildman–Crippen LogP) is 5.21. The largest absolute Gasteiger partial charge is 0.469 e. The minimum atomic E-state index is -0.884. The number of methoxy groups -OCH3 is 1. The molecule has 1 heterocycles. The summed E-state index contributed by atoms with van der Waals surface area (Å²) in [6.45, 7) is 4.39. The van der Waals surface area contributed by atoms with Crippen molar-refractivity contribution in [3.8, 4) is 22.4 Å². The van der Waals surface area contributed by atoms with Gasteiger partial charge in [0.1, 0.15) is 5.82 Å². The molecular weight excluding hydrogens is 409 g/mol. The number of nitrogens with zero attached hydrogens (tertiary/aromatic N) is 1. The highest BCUT2D eigenvalue weighted by Crippen LogP contribution is 2.41. The van der Waals surface area contributed by atoms with E-state index >= 15 is 0 Å². The molecule has 0 aliphatic rings. The van der Waals surface area contributed by atoms with Gasteiger partial charge in [-0.2, -0.15) is 0 Å². The third-order valence-corrected chi connectivity index (χ3v) is 5.50. The van der Waals surface area contributed by atoms with E-state index in [9.17, 15) is 19.1 Å². The van der Waals surface area contributed by atoms with Gasteiger partial charge in [0.25, 0.3) is 0 Å².